The van der Waals surface area contributed by atoms with Crippen molar-refractivity contribution in [2.45, 2.75) is 33.4 Å². The summed E-state index contributed by atoms with van der Waals surface area (Å²) in [7, 11) is 0. The van der Waals surface area contributed by atoms with Crippen molar-refractivity contribution in [2.24, 2.45) is 5.92 Å². The van der Waals surface area contributed by atoms with Crippen LogP contribution in [0.1, 0.15) is 25.0 Å². The van der Waals surface area contributed by atoms with E-state index in [-0.39, 0.29) is 0 Å². The molecule has 1 aromatic carbocycles. The molecule has 1 nitrogen and oxygen atoms in total. The monoisotopic (exact) mass is 317 g/mol. The first-order chi connectivity index (χ1) is 7.15. The Morgan fingerprint density at radius 1 is 1.27 bits per heavy atom. The number of hydrogen-bond acceptors (Lipinski definition) is 1. The Hall–Kier alpha value is -0.0900. The highest BCUT2D eigenvalue weighted by atomic mass is 127. The molecule has 15 heavy (non-hydrogen) atoms. The molecule has 0 fully saturated rings. The molecule has 0 heterocycles. The van der Waals surface area contributed by atoms with Crippen LogP contribution in [0.4, 0.5) is 0 Å². The van der Waals surface area contributed by atoms with Gasteiger partial charge in [0.15, 0.2) is 0 Å². The first-order valence-electron chi connectivity index (χ1n) is 5.49. The Kier molecular flexibility index (Phi) is 5.61. The summed E-state index contributed by atoms with van der Waals surface area (Å²) in [6.45, 7) is 7.70. The Bertz CT molecular complexity index is 296. The fourth-order valence-corrected chi connectivity index (χ4v) is 2.85. The predicted octanol–water partition coefficient (Wildman–Crippen LogP) is 3.54. The molecule has 0 saturated heterocycles. The van der Waals surface area contributed by atoms with Crippen LogP contribution in [-0.2, 0) is 6.54 Å². The highest BCUT2D eigenvalue weighted by molar-refractivity contribution is 14.1. The molecule has 0 saturated carbocycles. The van der Waals surface area contributed by atoms with Gasteiger partial charge in [0.2, 0.25) is 0 Å². The normalized spacial score (nSPS) is 13.1. The van der Waals surface area contributed by atoms with Crippen LogP contribution in [0, 0.1) is 12.8 Å². The van der Waals surface area contributed by atoms with Gasteiger partial charge in [-0.2, -0.15) is 0 Å². The lowest BCUT2D eigenvalue weighted by Gasteiger charge is -2.20. The van der Waals surface area contributed by atoms with E-state index >= 15 is 0 Å². The standard InChI is InChI=1S/C13H20IN/c1-10(2)13(8-14)15-9-12-7-5-4-6-11(12)3/h4-7,10,13,15H,8-9H2,1-3H3. The number of alkyl halides is 1. The maximum Gasteiger partial charge on any atom is 0.0211 e. The third-order valence-corrected chi connectivity index (χ3v) is 3.74. The van der Waals surface area contributed by atoms with Gasteiger partial charge in [0, 0.05) is 17.0 Å². The van der Waals surface area contributed by atoms with Gasteiger partial charge >= 0.3 is 0 Å². The average molecular weight is 317 g/mol. The molecular formula is C13H20IN. The second-order valence-electron chi connectivity index (χ2n) is 4.31. The van der Waals surface area contributed by atoms with Crippen molar-refractivity contribution in [3.8, 4) is 0 Å². The topological polar surface area (TPSA) is 12.0 Å². The average Bonchev–Trinajstić information content (AvgIpc) is 2.21. The first-order valence-corrected chi connectivity index (χ1v) is 7.01. The largest absolute Gasteiger partial charge is 0.309 e. The Morgan fingerprint density at radius 2 is 1.93 bits per heavy atom. The van der Waals surface area contributed by atoms with Gasteiger partial charge in [-0.1, -0.05) is 60.7 Å². The van der Waals surface area contributed by atoms with Gasteiger partial charge in [-0.25, -0.2) is 0 Å². The van der Waals surface area contributed by atoms with Crippen molar-refractivity contribution in [1.82, 2.24) is 5.32 Å². The zero-order valence-electron chi connectivity index (χ0n) is 9.76. The number of halogens is 1. The van der Waals surface area contributed by atoms with Gasteiger partial charge in [-0.15, -0.1) is 0 Å². The van der Waals surface area contributed by atoms with E-state index in [0.717, 1.165) is 6.54 Å². The van der Waals surface area contributed by atoms with Crippen LogP contribution >= 0.6 is 22.6 Å². The first kappa shape index (κ1) is 13.0. The van der Waals surface area contributed by atoms with E-state index in [2.05, 4.69) is 72.9 Å². The molecule has 84 valence electrons. The molecule has 1 atom stereocenters. The lowest BCUT2D eigenvalue weighted by atomic mass is 10.0. The molecule has 0 spiro atoms. The molecule has 0 aliphatic rings. The van der Waals surface area contributed by atoms with Gasteiger partial charge in [0.25, 0.3) is 0 Å². The zero-order chi connectivity index (χ0) is 11.3. The van der Waals surface area contributed by atoms with Gasteiger partial charge in [0.05, 0.1) is 0 Å². The number of benzene rings is 1. The van der Waals surface area contributed by atoms with Crippen LogP contribution in [-0.4, -0.2) is 10.5 Å². The van der Waals surface area contributed by atoms with Gasteiger partial charge in [-0.05, 0) is 24.0 Å². The third kappa shape index (κ3) is 4.11. The molecule has 0 aliphatic heterocycles. The quantitative estimate of drug-likeness (QED) is 0.647. The van der Waals surface area contributed by atoms with E-state index in [1.54, 1.807) is 0 Å². The van der Waals surface area contributed by atoms with E-state index in [1.165, 1.54) is 15.6 Å². The van der Waals surface area contributed by atoms with Gasteiger partial charge < -0.3 is 5.32 Å². The van der Waals surface area contributed by atoms with Crippen molar-refractivity contribution in [3.05, 3.63) is 35.4 Å². The molecule has 1 aromatic rings. The summed E-state index contributed by atoms with van der Waals surface area (Å²) in [4.78, 5) is 0. The zero-order valence-corrected chi connectivity index (χ0v) is 11.9. The van der Waals surface area contributed by atoms with E-state index in [9.17, 15) is 0 Å². The second kappa shape index (κ2) is 6.48. The third-order valence-electron chi connectivity index (χ3n) is 2.79. The molecule has 1 rings (SSSR count). The maximum atomic E-state index is 3.62. The summed E-state index contributed by atoms with van der Waals surface area (Å²) < 4.78 is 1.17. The molecule has 2 heteroatoms. The van der Waals surface area contributed by atoms with Crippen molar-refractivity contribution >= 4 is 22.6 Å². The summed E-state index contributed by atoms with van der Waals surface area (Å²) >= 11 is 2.45. The highest BCUT2D eigenvalue weighted by Gasteiger charge is 2.10. The van der Waals surface area contributed by atoms with Crippen molar-refractivity contribution in [3.63, 3.8) is 0 Å². The maximum absolute atomic E-state index is 3.62. The fraction of sp³-hybridized carbons (Fsp3) is 0.538. The molecule has 1 unspecified atom stereocenters. The van der Waals surface area contributed by atoms with E-state index in [1.807, 2.05) is 0 Å². The van der Waals surface area contributed by atoms with Crippen LogP contribution in [0.5, 0.6) is 0 Å². The molecule has 0 aromatic heterocycles. The minimum absolute atomic E-state index is 0.616. The molecule has 1 N–H and O–H groups in total. The minimum atomic E-state index is 0.616. The summed E-state index contributed by atoms with van der Waals surface area (Å²) in [6.07, 6.45) is 0. The lowest BCUT2D eigenvalue weighted by molar-refractivity contribution is 0.436. The summed E-state index contributed by atoms with van der Waals surface area (Å²) in [5, 5.41) is 3.62. The highest BCUT2D eigenvalue weighted by Crippen LogP contribution is 2.10. The van der Waals surface area contributed by atoms with Crippen molar-refractivity contribution in [1.29, 1.82) is 0 Å². The second-order valence-corrected chi connectivity index (χ2v) is 5.19. The fourth-order valence-electron chi connectivity index (χ4n) is 1.52. The number of nitrogens with one attached hydrogen (secondary N) is 1. The van der Waals surface area contributed by atoms with E-state index in [0.29, 0.717) is 12.0 Å². The van der Waals surface area contributed by atoms with Crippen molar-refractivity contribution in [2.75, 3.05) is 4.43 Å². The molecule has 0 bridgehead atoms. The van der Waals surface area contributed by atoms with Crippen LogP contribution in [0.15, 0.2) is 24.3 Å². The molecule has 0 amide bonds. The van der Waals surface area contributed by atoms with Crippen LogP contribution in [0.2, 0.25) is 0 Å². The summed E-state index contributed by atoms with van der Waals surface area (Å²) in [6, 6.07) is 9.19. The van der Waals surface area contributed by atoms with Crippen LogP contribution < -0.4 is 5.32 Å². The molecular weight excluding hydrogens is 297 g/mol. The number of aryl methyl sites for hydroxylation is 1. The van der Waals surface area contributed by atoms with Gasteiger partial charge in [0.1, 0.15) is 0 Å². The molecule has 0 aliphatic carbocycles. The smallest absolute Gasteiger partial charge is 0.0211 e. The van der Waals surface area contributed by atoms with E-state index < -0.39 is 0 Å². The van der Waals surface area contributed by atoms with Crippen molar-refractivity contribution < 1.29 is 0 Å². The Balaban J connectivity index is 2.53. The summed E-state index contributed by atoms with van der Waals surface area (Å²) in [5.74, 6) is 0.700. The van der Waals surface area contributed by atoms with E-state index in [4.69, 9.17) is 0 Å². The van der Waals surface area contributed by atoms with Crippen LogP contribution in [0.25, 0.3) is 0 Å². The van der Waals surface area contributed by atoms with Crippen LogP contribution in [0.3, 0.4) is 0 Å². The Morgan fingerprint density at radius 3 is 2.47 bits per heavy atom. The Labute approximate surface area is 107 Å². The number of hydrogen-bond donors (Lipinski definition) is 1. The van der Waals surface area contributed by atoms with Gasteiger partial charge in [-0.3, -0.25) is 0 Å². The number of rotatable bonds is 5. The SMILES string of the molecule is Cc1ccccc1CNC(CI)C(C)C. The molecule has 0 radical (unpaired) electrons. The minimum Gasteiger partial charge on any atom is -0.309 e. The summed E-state index contributed by atoms with van der Waals surface area (Å²) in [5.41, 5.74) is 2.79. The lowest BCUT2D eigenvalue weighted by Crippen LogP contribution is -2.34. The predicted molar refractivity (Wildman–Crippen MR) is 75.5 cm³/mol.